The lowest BCUT2D eigenvalue weighted by Gasteiger charge is -2.06. The number of carbonyl (C=O) groups is 2. The van der Waals surface area contributed by atoms with Crippen LogP contribution >= 0.6 is 0 Å². The molecule has 0 unspecified atom stereocenters. The van der Waals surface area contributed by atoms with Crippen molar-refractivity contribution in [1.82, 2.24) is 20.3 Å². The van der Waals surface area contributed by atoms with Gasteiger partial charge in [0.1, 0.15) is 12.3 Å². The minimum atomic E-state index is -1.32. The molecule has 2 N–H and O–H groups in total. The molecule has 1 amide bonds. The van der Waals surface area contributed by atoms with Crippen LogP contribution in [0.5, 0.6) is 0 Å². The number of nitrogens with one attached hydrogen (secondary N) is 1. The number of carbonyl (C=O) groups excluding carboxylic acids is 1. The van der Waals surface area contributed by atoms with Crippen molar-refractivity contribution in [3.8, 4) is 0 Å². The summed E-state index contributed by atoms with van der Waals surface area (Å²) in [6.07, 6.45) is 0.746. The molecule has 0 fully saturated rings. The van der Waals surface area contributed by atoms with Gasteiger partial charge in [0, 0.05) is 6.54 Å². The maximum atomic E-state index is 12.1. The van der Waals surface area contributed by atoms with Gasteiger partial charge >= 0.3 is 5.97 Å². The molecular formula is C12H14N4O5. The van der Waals surface area contributed by atoms with Gasteiger partial charge in [-0.05, 0) is 13.3 Å². The van der Waals surface area contributed by atoms with Crippen LogP contribution in [0.4, 0.5) is 0 Å². The molecule has 0 saturated carbocycles. The Bertz CT molecular complexity index is 761. The third kappa shape index (κ3) is 2.76. The summed E-state index contributed by atoms with van der Waals surface area (Å²) in [6.45, 7) is 3.46. The fourth-order valence-electron chi connectivity index (χ4n) is 1.85. The maximum Gasteiger partial charge on any atom is 0.357 e. The summed E-state index contributed by atoms with van der Waals surface area (Å²) < 4.78 is 5.62. The van der Waals surface area contributed by atoms with Crippen molar-refractivity contribution in [2.24, 2.45) is 0 Å². The van der Waals surface area contributed by atoms with Crippen molar-refractivity contribution >= 4 is 22.8 Å². The van der Waals surface area contributed by atoms with Gasteiger partial charge in [-0.1, -0.05) is 12.1 Å². The lowest BCUT2D eigenvalue weighted by atomic mass is 10.2. The highest BCUT2D eigenvalue weighted by Crippen LogP contribution is 2.17. The number of fused-ring (bicyclic) bond motifs is 1. The second-order valence-electron chi connectivity index (χ2n) is 4.43. The van der Waals surface area contributed by atoms with Crippen molar-refractivity contribution in [2.45, 2.75) is 26.8 Å². The van der Waals surface area contributed by atoms with Crippen molar-refractivity contribution in [3.63, 3.8) is 0 Å². The number of aromatic nitrogens is 3. The summed E-state index contributed by atoms with van der Waals surface area (Å²) in [4.78, 5) is 35.0. The normalized spacial score (nSPS) is 10.8. The molecule has 0 aliphatic carbocycles. The van der Waals surface area contributed by atoms with Crippen LogP contribution in [0.25, 0.3) is 10.9 Å². The molecule has 2 heterocycles. The van der Waals surface area contributed by atoms with Crippen molar-refractivity contribution in [2.75, 3.05) is 6.54 Å². The quantitative estimate of drug-likeness (QED) is 0.789. The first-order valence-corrected chi connectivity index (χ1v) is 6.32. The molecule has 0 saturated heterocycles. The Labute approximate surface area is 118 Å². The van der Waals surface area contributed by atoms with Crippen LogP contribution in [0.3, 0.4) is 0 Å². The molecule has 2 aromatic rings. The van der Waals surface area contributed by atoms with E-state index in [1.165, 1.54) is 6.92 Å². The van der Waals surface area contributed by atoms with E-state index in [0.29, 0.717) is 6.54 Å². The average molecular weight is 294 g/mol. The molecule has 0 atom stereocenters. The van der Waals surface area contributed by atoms with Gasteiger partial charge < -0.3 is 14.9 Å². The van der Waals surface area contributed by atoms with Gasteiger partial charge in [-0.2, -0.15) is 5.10 Å². The molecule has 2 rings (SSSR count). The Kier molecular flexibility index (Phi) is 4.01. The highest BCUT2D eigenvalue weighted by atomic mass is 16.5. The van der Waals surface area contributed by atoms with Crippen LogP contribution in [-0.2, 0) is 11.3 Å². The lowest BCUT2D eigenvalue weighted by molar-refractivity contribution is -0.121. The van der Waals surface area contributed by atoms with Gasteiger partial charge in [0.25, 0.3) is 5.56 Å². The molecule has 0 aliphatic heterocycles. The number of nitrogens with zero attached hydrogens (tertiary/aromatic N) is 3. The number of amides is 1. The molecule has 0 bridgehead atoms. The van der Waals surface area contributed by atoms with Crippen LogP contribution in [0.15, 0.2) is 9.32 Å². The average Bonchev–Trinajstić information content (AvgIpc) is 2.82. The smallest absolute Gasteiger partial charge is 0.357 e. The van der Waals surface area contributed by atoms with Crippen molar-refractivity contribution in [3.05, 3.63) is 21.8 Å². The molecular weight excluding hydrogens is 280 g/mol. The molecule has 112 valence electrons. The second-order valence-corrected chi connectivity index (χ2v) is 4.43. The minimum absolute atomic E-state index is 0.0534. The van der Waals surface area contributed by atoms with E-state index in [0.717, 1.165) is 11.1 Å². The fraction of sp³-hybridized carbons (Fsp3) is 0.417. The van der Waals surface area contributed by atoms with Crippen LogP contribution in [0, 0.1) is 6.92 Å². The highest BCUT2D eigenvalue weighted by molar-refractivity contribution is 6.00. The maximum absolute atomic E-state index is 12.1. The molecule has 0 aromatic carbocycles. The molecule has 9 nitrogen and oxygen atoms in total. The number of rotatable bonds is 5. The largest absolute Gasteiger partial charge is 0.476 e. The Balaban J connectivity index is 2.50. The third-order valence-corrected chi connectivity index (χ3v) is 2.83. The SMILES string of the molecule is CCCNC(=O)Cn1nc(C(=O)O)c2c(C)onc2c1=O. The van der Waals surface area contributed by atoms with Gasteiger partial charge in [-0.25, -0.2) is 9.48 Å². The van der Waals surface area contributed by atoms with E-state index >= 15 is 0 Å². The number of hydrogen-bond donors (Lipinski definition) is 2. The Morgan fingerprint density at radius 3 is 2.76 bits per heavy atom. The highest BCUT2D eigenvalue weighted by Gasteiger charge is 2.22. The van der Waals surface area contributed by atoms with E-state index in [9.17, 15) is 14.4 Å². The predicted molar refractivity (Wildman–Crippen MR) is 71.1 cm³/mol. The summed E-state index contributed by atoms with van der Waals surface area (Å²) in [5, 5.41) is 19.1. The second kappa shape index (κ2) is 5.73. The van der Waals surface area contributed by atoms with Gasteiger partial charge in [-0.3, -0.25) is 9.59 Å². The van der Waals surface area contributed by atoms with E-state index in [4.69, 9.17) is 9.63 Å². The first kappa shape index (κ1) is 14.7. The van der Waals surface area contributed by atoms with Gasteiger partial charge in [0.15, 0.2) is 11.2 Å². The number of aromatic carboxylic acids is 1. The minimum Gasteiger partial charge on any atom is -0.476 e. The number of carboxylic acid groups (broad SMARTS) is 1. The van der Waals surface area contributed by atoms with Gasteiger partial charge in [0.2, 0.25) is 5.91 Å². The van der Waals surface area contributed by atoms with E-state index in [1.807, 2.05) is 6.92 Å². The zero-order valence-electron chi connectivity index (χ0n) is 11.5. The number of carboxylic acids is 1. The zero-order chi connectivity index (χ0) is 15.6. The summed E-state index contributed by atoms with van der Waals surface area (Å²) in [5.74, 6) is -1.56. The molecule has 0 spiro atoms. The molecule has 21 heavy (non-hydrogen) atoms. The van der Waals surface area contributed by atoms with Gasteiger partial charge in [-0.15, -0.1) is 0 Å². The van der Waals surface area contributed by atoms with Crippen LogP contribution in [0.1, 0.15) is 29.6 Å². The van der Waals surface area contributed by atoms with Crippen molar-refractivity contribution < 1.29 is 19.2 Å². The van der Waals surface area contributed by atoms with Gasteiger partial charge in [0.05, 0.1) is 5.39 Å². The number of aryl methyl sites for hydroxylation is 1. The fourth-order valence-corrected chi connectivity index (χ4v) is 1.85. The van der Waals surface area contributed by atoms with E-state index in [-0.39, 0.29) is 28.9 Å². The van der Waals surface area contributed by atoms with Crippen molar-refractivity contribution in [1.29, 1.82) is 0 Å². The zero-order valence-corrected chi connectivity index (χ0v) is 11.5. The molecule has 9 heteroatoms. The Hall–Kier alpha value is -2.71. The standard InChI is InChI=1S/C12H14N4O5/c1-3-4-13-7(17)5-16-11(18)9-8(6(2)21-15-9)10(14-16)12(19)20/h3-5H2,1-2H3,(H,13,17)(H,19,20). The molecule has 2 aromatic heterocycles. The van der Waals surface area contributed by atoms with Crippen LogP contribution in [0.2, 0.25) is 0 Å². The number of hydrogen-bond acceptors (Lipinski definition) is 6. The topological polar surface area (TPSA) is 127 Å². The first-order valence-electron chi connectivity index (χ1n) is 6.32. The van der Waals surface area contributed by atoms with E-state index < -0.39 is 17.4 Å². The third-order valence-electron chi connectivity index (χ3n) is 2.83. The Morgan fingerprint density at radius 2 is 2.14 bits per heavy atom. The molecule has 0 radical (unpaired) electrons. The summed E-state index contributed by atoms with van der Waals surface area (Å²) in [5.41, 5.74) is -1.19. The summed E-state index contributed by atoms with van der Waals surface area (Å²) in [6, 6.07) is 0. The summed E-state index contributed by atoms with van der Waals surface area (Å²) >= 11 is 0. The first-order chi connectivity index (χ1) is 9.95. The monoisotopic (exact) mass is 294 g/mol. The van der Waals surface area contributed by atoms with E-state index in [2.05, 4.69) is 15.6 Å². The lowest BCUT2D eigenvalue weighted by Crippen LogP contribution is -2.35. The van der Waals surface area contributed by atoms with Crippen LogP contribution in [-0.4, -0.2) is 38.5 Å². The van der Waals surface area contributed by atoms with E-state index in [1.54, 1.807) is 0 Å². The molecule has 0 aliphatic rings. The summed E-state index contributed by atoms with van der Waals surface area (Å²) in [7, 11) is 0. The predicted octanol–water partition coefficient (Wildman–Crippen LogP) is -0.0827. The Morgan fingerprint density at radius 1 is 1.43 bits per heavy atom. The van der Waals surface area contributed by atoms with Crippen LogP contribution < -0.4 is 10.9 Å².